The van der Waals surface area contributed by atoms with E-state index in [9.17, 15) is 17.2 Å². The molecule has 0 fully saturated rings. The first-order valence-electron chi connectivity index (χ1n) is 2.50. The van der Waals surface area contributed by atoms with E-state index in [4.69, 9.17) is 0 Å². The van der Waals surface area contributed by atoms with Crippen LogP contribution < -0.4 is 0 Å². The first-order chi connectivity index (χ1) is 4.98. The van der Waals surface area contributed by atoms with Crippen molar-refractivity contribution < 1.29 is 30.6 Å². The van der Waals surface area contributed by atoms with E-state index in [2.05, 4.69) is 13.4 Å². The summed E-state index contributed by atoms with van der Waals surface area (Å²) < 4.78 is 49.8. The van der Waals surface area contributed by atoms with Crippen molar-refractivity contribution >= 4 is 29.3 Å². The summed E-state index contributed by atoms with van der Waals surface area (Å²) >= 11 is 0. The molecule has 5 nitrogen and oxygen atoms in total. The second kappa shape index (κ2) is 6.77. The fourth-order valence-electron chi connectivity index (χ4n) is 0.242. The van der Waals surface area contributed by atoms with Crippen LogP contribution in [0.2, 0.25) is 0 Å². The molecule has 0 aromatic carbocycles. The van der Waals surface area contributed by atoms with Crippen molar-refractivity contribution in [2.24, 2.45) is 0 Å². The number of alkyl halides is 2. The van der Waals surface area contributed by atoms with Crippen LogP contribution in [0.4, 0.5) is 8.78 Å². The van der Waals surface area contributed by atoms with Gasteiger partial charge < -0.3 is 0 Å². The Morgan fingerprint density at radius 3 is 2.25 bits per heavy atom. The molecule has 0 aromatic heterocycles. The zero-order chi connectivity index (χ0) is 8.91. The molecule has 0 radical (unpaired) electrons. The molecular formula is C3H7F2LiO5S. The maximum atomic E-state index is 11.1. The van der Waals surface area contributed by atoms with E-state index in [1.165, 1.54) is 6.92 Å². The van der Waals surface area contributed by atoms with Crippen molar-refractivity contribution in [2.45, 2.75) is 13.5 Å². The van der Waals surface area contributed by atoms with Crippen LogP contribution in [0.15, 0.2) is 0 Å². The first kappa shape index (κ1) is 14.8. The third-order valence-corrected chi connectivity index (χ3v) is 1.23. The van der Waals surface area contributed by atoms with E-state index in [0.29, 0.717) is 0 Å². The van der Waals surface area contributed by atoms with Gasteiger partial charge in [-0.3, -0.25) is 0 Å². The average molecular weight is 200 g/mol. The Balaban J connectivity index is 0. The predicted octanol–water partition coefficient (Wildman–Crippen LogP) is -0.210. The average Bonchev–Trinajstić information content (AvgIpc) is 1.84. The summed E-state index contributed by atoms with van der Waals surface area (Å²) in [6.45, 7) is -2.18. The van der Waals surface area contributed by atoms with Crippen LogP contribution in [0, 0.1) is 0 Å². The van der Waals surface area contributed by atoms with Crippen molar-refractivity contribution in [1.29, 1.82) is 0 Å². The van der Waals surface area contributed by atoms with E-state index in [-0.39, 0.29) is 25.5 Å². The van der Waals surface area contributed by atoms with E-state index >= 15 is 0 Å². The van der Waals surface area contributed by atoms with E-state index in [1.807, 2.05) is 0 Å². The molecule has 0 bridgehead atoms. The van der Waals surface area contributed by atoms with Gasteiger partial charge in [0, 0.05) is 0 Å². The molecule has 0 aromatic rings. The summed E-state index contributed by atoms with van der Waals surface area (Å²) in [6.07, 6.45) is 0. The molecule has 0 amide bonds. The quantitative estimate of drug-likeness (QED) is 0.349. The van der Waals surface area contributed by atoms with Crippen LogP contribution in [0.3, 0.4) is 0 Å². The van der Waals surface area contributed by atoms with Crippen molar-refractivity contribution in [1.82, 2.24) is 0 Å². The molecule has 0 aliphatic rings. The van der Waals surface area contributed by atoms with Gasteiger partial charge in [-0.05, 0) is 6.92 Å². The van der Waals surface area contributed by atoms with Gasteiger partial charge in [0.1, 0.15) is 0 Å². The normalized spacial score (nSPS) is 11.3. The van der Waals surface area contributed by atoms with Gasteiger partial charge in [0.15, 0.2) is 0 Å². The van der Waals surface area contributed by atoms with E-state index in [0.717, 1.165) is 0 Å². The summed E-state index contributed by atoms with van der Waals surface area (Å²) in [5, 5.41) is 0. The van der Waals surface area contributed by atoms with Crippen LogP contribution in [0.1, 0.15) is 6.92 Å². The summed E-state index contributed by atoms with van der Waals surface area (Å²) in [4.78, 5) is 3.01. The van der Waals surface area contributed by atoms with Crippen molar-refractivity contribution in [2.75, 3.05) is 6.61 Å². The molecular weight excluding hydrogens is 193 g/mol. The Labute approximate surface area is 80.4 Å². The fraction of sp³-hybridized carbons (Fsp3) is 1.00. The van der Waals surface area contributed by atoms with Gasteiger partial charge in [0.2, 0.25) is 0 Å². The van der Waals surface area contributed by atoms with Crippen LogP contribution in [-0.2, 0) is 23.8 Å². The Hall–Kier alpha value is 0.287. The molecule has 0 rings (SSSR count). The molecule has 0 aliphatic heterocycles. The maximum absolute atomic E-state index is 11.1. The van der Waals surface area contributed by atoms with Crippen molar-refractivity contribution in [3.8, 4) is 0 Å². The number of rotatable bonds is 5. The van der Waals surface area contributed by atoms with Gasteiger partial charge in [0.25, 0.3) is 0 Å². The van der Waals surface area contributed by atoms with Crippen LogP contribution in [0.5, 0.6) is 0 Å². The Bertz CT molecular complexity index is 193. The fourth-order valence-corrected chi connectivity index (χ4v) is 0.725. The van der Waals surface area contributed by atoms with Gasteiger partial charge in [-0.2, -0.15) is 17.2 Å². The molecule has 0 aliphatic carbocycles. The van der Waals surface area contributed by atoms with Gasteiger partial charge in [-0.15, -0.1) is 4.89 Å². The summed E-state index contributed by atoms with van der Waals surface area (Å²) in [5.74, 6) is 0. The van der Waals surface area contributed by atoms with E-state index in [1.54, 1.807) is 0 Å². The summed E-state index contributed by atoms with van der Waals surface area (Å²) in [7, 11) is -4.43. The molecule has 0 saturated carbocycles. The molecule has 0 spiro atoms. The zero-order valence-corrected chi connectivity index (χ0v) is 6.31. The van der Waals surface area contributed by atoms with Gasteiger partial charge in [0.05, 0.1) is 6.61 Å². The Morgan fingerprint density at radius 2 is 1.92 bits per heavy atom. The number of halogens is 2. The predicted molar refractivity (Wildman–Crippen MR) is 35.9 cm³/mol. The molecule has 0 N–H and O–H groups in total. The summed E-state index contributed by atoms with van der Waals surface area (Å²) in [6, 6.07) is 0. The standard InChI is InChI=1S/C3H6F2O5S.Li.H/c1-2-8-11(6,7)10-9-3(4)5;;/h3H,2H2,1H3;;. The van der Waals surface area contributed by atoms with Crippen LogP contribution in [-0.4, -0.2) is 40.5 Å². The van der Waals surface area contributed by atoms with Crippen molar-refractivity contribution in [3.05, 3.63) is 0 Å². The zero-order valence-electron chi connectivity index (χ0n) is 5.49. The van der Waals surface area contributed by atoms with Gasteiger partial charge >= 0.3 is 35.9 Å². The second-order valence-electron chi connectivity index (χ2n) is 1.24. The number of hydrogen-bond acceptors (Lipinski definition) is 5. The molecule has 12 heavy (non-hydrogen) atoms. The minimum atomic E-state index is -4.43. The molecule has 9 heteroatoms. The van der Waals surface area contributed by atoms with Gasteiger partial charge in [-0.25, -0.2) is 4.18 Å². The summed E-state index contributed by atoms with van der Waals surface area (Å²) in [5.41, 5.74) is 0. The monoisotopic (exact) mass is 200 g/mol. The third kappa shape index (κ3) is 8.38. The van der Waals surface area contributed by atoms with Gasteiger partial charge in [-0.1, -0.05) is 4.33 Å². The third-order valence-electron chi connectivity index (χ3n) is 0.458. The Kier molecular flexibility index (Phi) is 8.34. The molecule has 0 unspecified atom stereocenters. The molecule has 0 atom stereocenters. The minimum absolute atomic E-state index is 0. The molecule has 70 valence electrons. The first-order valence-corrected chi connectivity index (χ1v) is 3.83. The van der Waals surface area contributed by atoms with Crippen LogP contribution in [0.25, 0.3) is 0 Å². The number of hydrogen-bond donors (Lipinski definition) is 0. The Morgan fingerprint density at radius 1 is 1.42 bits per heavy atom. The second-order valence-corrected chi connectivity index (χ2v) is 2.43. The van der Waals surface area contributed by atoms with E-state index < -0.39 is 17.0 Å². The topological polar surface area (TPSA) is 61.8 Å². The van der Waals surface area contributed by atoms with Crippen LogP contribution >= 0.6 is 0 Å². The molecule has 0 saturated heterocycles. The molecule has 0 heterocycles. The SMILES string of the molecule is CCOS(=O)(=O)OOC(F)F.[LiH]. The van der Waals surface area contributed by atoms with Crippen molar-refractivity contribution in [3.63, 3.8) is 0 Å².